The van der Waals surface area contributed by atoms with Crippen molar-refractivity contribution < 1.29 is 26.1 Å². The van der Waals surface area contributed by atoms with Gasteiger partial charge in [0.15, 0.2) is 0 Å². The van der Waals surface area contributed by atoms with Gasteiger partial charge in [0.2, 0.25) is 0 Å². The summed E-state index contributed by atoms with van der Waals surface area (Å²) >= 11 is 0. The predicted molar refractivity (Wildman–Crippen MR) is 87.5 cm³/mol. The number of carbonyl (C=O) groups excluding carboxylic acids is 2. The number of carbonyl (C=O) groups is 2. The Hall–Kier alpha value is -1.54. The van der Waals surface area contributed by atoms with Crippen molar-refractivity contribution in [1.29, 1.82) is 0 Å². The average molecular weight is 379 g/mol. The molecule has 1 aliphatic heterocycles. The molecule has 0 saturated carbocycles. The summed E-state index contributed by atoms with van der Waals surface area (Å²) < 4.78 is 0. The Morgan fingerprint density at radius 1 is 0.667 bits per heavy atom. The quantitative estimate of drug-likeness (QED) is 0.345. The molecule has 0 radical (unpaired) electrons. The van der Waals surface area contributed by atoms with Crippen LogP contribution in [-0.2, 0) is 16.5 Å². The van der Waals surface area contributed by atoms with Crippen LogP contribution in [0.15, 0.2) is 18.2 Å². The number of rotatable bonds is 0. The van der Waals surface area contributed by atoms with Crippen molar-refractivity contribution in [3.63, 3.8) is 0 Å². The van der Waals surface area contributed by atoms with Crippen molar-refractivity contribution in [2.24, 2.45) is 0 Å². The van der Waals surface area contributed by atoms with Gasteiger partial charge in [0.05, 0.1) is 0 Å². The van der Waals surface area contributed by atoms with Crippen molar-refractivity contribution in [2.45, 2.75) is 0 Å². The van der Waals surface area contributed by atoms with Gasteiger partial charge in [0.1, 0.15) is 11.4 Å². The fourth-order valence-corrected chi connectivity index (χ4v) is 2.13. The van der Waals surface area contributed by atoms with Gasteiger partial charge in [-0.3, -0.25) is 9.59 Å². The molecule has 1 aliphatic rings. The number of pyridine rings is 1. The zero-order valence-electron chi connectivity index (χ0n) is 13.5. The number of hydrogen-bond donors (Lipinski definition) is 5. The van der Waals surface area contributed by atoms with Crippen LogP contribution in [0.1, 0.15) is 21.0 Å². The largest absolute Gasteiger partial charge is 2.00 e. The maximum Gasteiger partial charge on any atom is 2.00 e. The zero-order valence-corrected chi connectivity index (χ0v) is 14.5. The molecule has 0 spiro atoms. The number of fused-ring (bicyclic) bond motifs is 2. The fraction of sp³-hybridized carbons (Fsp3) is 0.533. The van der Waals surface area contributed by atoms with Crippen molar-refractivity contribution >= 4 is 11.8 Å². The third-order valence-corrected chi connectivity index (χ3v) is 3.35. The molecule has 9 heteroatoms. The molecule has 1 aromatic heterocycles. The summed E-state index contributed by atoms with van der Waals surface area (Å²) in [6, 6.07) is 4.87. The number of nitrogens with one attached hydrogen (secondary N) is 5. The summed E-state index contributed by atoms with van der Waals surface area (Å²) in [5, 5.41) is 15.4. The third kappa shape index (κ3) is 7.36. The monoisotopic (exact) mass is 378 g/mol. The van der Waals surface area contributed by atoms with Crippen molar-refractivity contribution in [3.8, 4) is 0 Å². The maximum absolute atomic E-state index is 12.0. The Bertz CT molecular complexity index is 487. The average Bonchev–Trinajstić information content (AvgIpc) is 2.58. The summed E-state index contributed by atoms with van der Waals surface area (Å²) in [5.74, 6) is -0.551. The van der Waals surface area contributed by atoms with E-state index in [0.29, 0.717) is 26.2 Å². The summed E-state index contributed by atoms with van der Waals surface area (Å²) in [6.07, 6.45) is 0. The molecule has 0 aliphatic carbocycles. The van der Waals surface area contributed by atoms with E-state index in [-0.39, 0.29) is 39.7 Å². The van der Waals surface area contributed by atoms with Crippen LogP contribution in [0.3, 0.4) is 0 Å². The second-order valence-electron chi connectivity index (χ2n) is 5.17. The minimum absolute atomic E-state index is 0. The molecule has 134 valence electrons. The van der Waals surface area contributed by atoms with Crippen LogP contribution in [-0.4, -0.2) is 69.2 Å². The van der Waals surface area contributed by atoms with Gasteiger partial charge in [-0.2, -0.15) is 0 Å². The number of aromatic nitrogens is 1. The molecule has 0 fully saturated rings. The molecule has 2 amide bonds. The molecule has 24 heavy (non-hydrogen) atoms. The van der Waals surface area contributed by atoms with E-state index in [1.165, 1.54) is 0 Å². The van der Waals surface area contributed by atoms with Crippen LogP contribution in [0.25, 0.3) is 0 Å². The Balaban J connectivity index is 0.00000288. The van der Waals surface area contributed by atoms with E-state index in [9.17, 15) is 9.59 Å². The van der Waals surface area contributed by atoms with E-state index in [0.717, 1.165) is 26.2 Å². The van der Waals surface area contributed by atoms with Gasteiger partial charge in [0.25, 0.3) is 11.8 Å². The first-order valence-corrected chi connectivity index (χ1v) is 7.93. The summed E-state index contributed by atoms with van der Waals surface area (Å²) in [4.78, 5) is 28.2. The van der Waals surface area contributed by atoms with E-state index < -0.39 is 0 Å². The second-order valence-corrected chi connectivity index (χ2v) is 5.17. The minimum atomic E-state index is -0.276. The summed E-state index contributed by atoms with van der Waals surface area (Å²) in [6.45, 7) is 5.83. The number of nitrogens with zero attached hydrogens (tertiary/aromatic N) is 1. The molecular formula is C15H24N6NiO2+2. The van der Waals surface area contributed by atoms with Gasteiger partial charge in [0, 0.05) is 52.4 Å². The van der Waals surface area contributed by atoms with E-state index in [1.807, 2.05) is 0 Å². The zero-order chi connectivity index (χ0) is 16.3. The smallest absolute Gasteiger partial charge is 0.349 e. The normalized spacial score (nSPS) is 18.3. The fourth-order valence-electron chi connectivity index (χ4n) is 2.13. The SMILES string of the molecule is O=C1NCCNCCNCCNCCNC(=O)c2cccc1n2.[Ni+2]. The number of amides is 2. The summed E-state index contributed by atoms with van der Waals surface area (Å²) in [5.41, 5.74) is 0.497. The molecule has 2 heterocycles. The van der Waals surface area contributed by atoms with Gasteiger partial charge in [-0.15, -0.1) is 0 Å². The van der Waals surface area contributed by atoms with Crippen LogP contribution >= 0.6 is 0 Å². The first-order chi connectivity index (χ1) is 11.3. The molecule has 8 nitrogen and oxygen atoms in total. The molecule has 0 unspecified atom stereocenters. The second kappa shape index (κ2) is 11.9. The summed E-state index contributed by atoms with van der Waals surface area (Å²) in [7, 11) is 0. The van der Waals surface area contributed by atoms with Crippen molar-refractivity contribution in [1.82, 2.24) is 31.6 Å². The molecular weight excluding hydrogens is 355 g/mol. The van der Waals surface area contributed by atoms with Gasteiger partial charge < -0.3 is 26.6 Å². The molecule has 2 rings (SSSR count). The minimum Gasteiger partial charge on any atom is -0.349 e. The van der Waals surface area contributed by atoms with Crippen LogP contribution in [0, 0.1) is 0 Å². The Kier molecular flexibility index (Phi) is 10.2. The Morgan fingerprint density at radius 2 is 1.04 bits per heavy atom. The van der Waals surface area contributed by atoms with E-state index in [2.05, 4.69) is 31.6 Å². The van der Waals surface area contributed by atoms with E-state index >= 15 is 0 Å². The van der Waals surface area contributed by atoms with Gasteiger partial charge >= 0.3 is 16.5 Å². The molecule has 5 N–H and O–H groups in total. The van der Waals surface area contributed by atoms with Crippen LogP contribution in [0.5, 0.6) is 0 Å². The third-order valence-electron chi connectivity index (χ3n) is 3.35. The van der Waals surface area contributed by atoms with Gasteiger partial charge in [-0.05, 0) is 12.1 Å². The Morgan fingerprint density at radius 3 is 1.46 bits per heavy atom. The first-order valence-electron chi connectivity index (χ1n) is 7.93. The van der Waals surface area contributed by atoms with Gasteiger partial charge in [-0.25, -0.2) is 4.98 Å². The Labute approximate surface area is 151 Å². The molecule has 1 aromatic rings. The molecule has 0 saturated heterocycles. The van der Waals surface area contributed by atoms with E-state index in [1.54, 1.807) is 18.2 Å². The standard InChI is InChI=1S/C15H24N6O2.Ni/c22-14-12-2-1-3-13(21-12)15(23)20-11-9-18-7-5-16-4-6-17-8-10-19-14;/h1-3,16-18H,4-11H2,(H,19,22)(H,20,23);/q;+2. The van der Waals surface area contributed by atoms with Crippen molar-refractivity contribution in [3.05, 3.63) is 29.6 Å². The topological polar surface area (TPSA) is 107 Å². The van der Waals surface area contributed by atoms with E-state index in [4.69, 9.17) is 0 Å². The number of hydrogen-bond acceptors (Lipinski definition) is 6. The molecule has 0 atom stereocenters. The first kappa shape index (κ1) is 20.5. The van der Waals surface area contributed by atoms with Crippen LogP contribution < -0.4 is 26.6 Å². The van der Waals surface area contributed by atoms with Gasteiger partial charge in [-0.1, -0.05) is 6.07 Å². The molecule has 0 aromatic carbocycles. The van der Waals surface area contributed by atoms with Crippen LogP contribution in [0.2, 0.25) is 0 Å². The molecule has 2 bridgehead atoms. The predicted octanol–water partition coefficient (Wildman–Crippen LogP) is -1.68. The maximum atomic E-state index is 12.0. The van der Waals surface area contributed by atoms with Crippen molar-refractivity contribution in [2.75, 3.05) is 52.4 Å². The van der Waals surface area contributed by atoms with Crippen LogP contribution in [0.4, 0.5) is 0 Å².